The van der Waals surface area contributed by atoms with Gasteiger partial charge in [0.15, 0.2) is 0 Å². The average Bonchev–Trinajstić information content (AvgIpc) is 2.68. The molecule has 1 aromatic heterocycles. The Balaban J connectivity index is 0.000000370. The molecule has 0 aliphatic carbocycles. The summed E-state index contributed by atoms with van der Waals surface area (Å²) in [7, 11) is 0. The maximum Gasteiger partial charge on any atom is 0.490 e. The number of aromatic nitrogens is 1. The third-order valence-corrected chi connectivity index (χ3v) is 4.14. The molecular weight excluding hydrogens is 399 g/mol. The highest BCUT2D eigenvalue weighted by atomic mass is 19.4. The van der Waals surface area contributed by atoms with Crippen LogP contribution >= 0.6 is 0 Å². The van der Waals surface area contributed by atoms with Crippen molar-refractivity contribution >= 4 is 5.97 Å². The van der Waals surface area contributed by atoms with Gasteiger partial charge in [-0.2, -0.15) is 13.2 Å². The predicted octanol–water partition coefficient (Wildman–Crippen LogP) is 4.04. The second-order valence-corrected chi connectivity index (χ2v) is 6.25. The summed E-state index contributed by atoms with van der Waals surface area (Å²) >= 11 is 0. The number of benzene rings is 1. The number of carbonyl (C=O) groups is 1. The highest BCUT2D eigenvalue weighted by Gasteiger charge is 2.38. The van der Waals surface area contributed by atoms with Crippen LogP contribution in [0.4, 0.5) is 22.0 Å². The lowest BCUT2D eigenvalue weighted by atomic mass is 9.94. The molecule has 158 valence electrons. The third-order valence-electron chi connectivity index (χ3n) is 4.14. The fraction of sp³-hybridized carbons (Fsp3) is 0.368. The van der Waals surface area contributed by atoms with Crippen LogP contribution in [0.2, 0.25) is 0 Å². The van der Waals surface area contributed by atoms with Crippen molar-refractivity contribution in [2.45, 2.75) is 31.5 Å². The highest BCUT2D eigenvalue weighted by Crippen LogP contribution is 2.25. The Morgan fingerprint density at radius 1 is 1.17 bits per heavy atom. The molecule has 5 nitrogen and oxygen atoms in total. The van der Waals surface area contributed by atoms with E-state index in [1.807, 2.05) is 12.1 Å². The normalized spacial score (nSPS) is 14.7. The number of hydrogen-bond acceptors (Lipinski definition) is 4. The van der Waals surface area contributed by atoms with E-state index in [-0.39, 0.29) is 6.61 Å². The first kappa shape index (κ1) is 22.5. The van der Waals surface area contributed by atoms with E-state index in [1.165, 1.54) is 12.1 Å². The molecule has 29 heavy (non-hydrogen) atoms. The van der Waals surface area contributed by atoms with E-state index >= 15 is 0 Å². The summed E-state index contributed by atoms with van der Waals surface area (Å²) in [4.78, 5) is 13.4. The van der Waals surface area contributed by atoms with Gasteiger partial charge in [-0.05, 0) is 44.1 Å². The molecule has 0 amide bonds. The summed E-state index contributed by atoms with van der Waals surface area (Å²) in [6.45, 7) is 2.03. The fourth-order valence-electron chi connectivity index (χ4n) is 2.65. The van der Waals surface area contributed by atoms with Crippen LogP contribution in [0.25, 0.3) is 0 Å². The number of pyridine rings is 1. The Hall–Kier alpha value is -2.75. The molecule has 1 aromatic carbocycles. The molecule has 2 heterocycles. The van der Waals surface area contributed by atoms with Crippen LogP contribution in [-0.2, 0) is 11.4 Å². The minimum absolute atomic E-state index is 0.0365. The minimum atomic E-state index is -5.08. The Kier molecular flexibility index (Phi) is 7.89. The standard InChI is InChI=1S/C17H18F2N2O.C2HF3O2/c18-14-5-4-13(15(19)10-14)11-22-17-3-1-2-16(21-17)12-6-8-20-9-7-12;3-2(4,5)1(6)7/h1-5,10,12,20H,6-9,11H2;(H,6,7). The number of ether oxygens (including phenoxy) is 1. The van der Waals surface area contributed by atoms with E-state index in [1.54, 1.807) is 6.07 Å². The van der Waals surface area contributed by atoms with Crippen molar-refractivity contribution in [1.29, 1.82) is 0 Å². The first-order chi connectivity index (χ1) is 13.7. The lowest BCUT2D eigenvalue weighted by Gasteiger charge is -2.22. The van der Waals surface area contributed by atoms with Gasteiger partial charge in [0.1, 0.15) is 18.2 Å². The number of nitrogens with one attached hydrogen (secondary N) is 1. The van der Waals surface area contributed by atoms with Crippen molar-refractivity contribution in [1.82, 2.24) is 10.3 Å². The molecule has 1 saturated heterocycles. The number of halogens is 5. The van der Waals surface area contributed by atoms with Crippen molar-refractivity contribution < 1.29 is 36.6 Å². The Morgan fingerprint density at radius 2 is 1.83 bits per heavy atom. The molecule has 0 unspecified atom stereocenters. The number of alkyl halides is 3. The zero-order valence-corrected chi connectivity index (χ0v) is 15.2. The monoisotopic (exact) mass is 418 g/mol. The zero-order valence-electron chi connectivity index (χ0n) is 15.2. The van der Waals surface area contributed by atoms with Gasteiger partial charge in [-0.1, -0.05) is 6.07 Å². The van der Waals surface area contributed by atoms with Crippen molar-refractivity contribution in [3.63, 3.8) is 0 Å². The molecule has 2 N–H and O–H groups in total. The van der Waals surface area contributed by atoms with Gasteiger partial charge in [0.05, 0.1) is 0 Å². The molecule has 0 radical (unpaired) electrons. The maximum atomic E-state index is 13.6. The molecule has 0 spiro atoms. The molecule has 10 heteroatoms. The quantitative estimate of drug-likeness (QED) is 0.734. The molecule has 1 aliphatic heterocycles. The van der Waals surface area contributed by atoms with Crippen molar-refractivity contribution in [3.05, 3.63) is 59.3 Å². The molecule has 0 bridgehead atoms. The van der Waals surface area contributed by atoms with Crippen molar-refractivity contribution in [3.8, 4) is 5.88 Å². The average molecular weight is 418 g/mol. The summed E-state index contributed by atoms with van der Waals surface area (Å²) in [6, 6.07) is 9.13. The number of piperidine rings is 1. The molecule has 2 aromatic rings. The minimum Gasteiger partial charge on any atom is -0.475 e. The number of carboxylic acids is 1. The van der Waals surface area contributed by atoms with E-state index in [2.05, 4.69) is 10.3 Å². The number of nitrogens with zero attached hydrogens (tertiary/aromatic N) is 1. The Labute approximate surface area is 163 Å². The van der Waals surface area contributed by atoms with Crippen LogP contribution in [0, 0.1) is 11.6 Å². The van der Waals surface area contributed by atoms with Gasteiger partial charge in [0, 0.05) is 29.3 Å². The summed E-state index contributed by atoms with van der Waals surface area (Å²) in [5, 5.41) is 10.5. The van der Waals surface area contributed by atoms with Gasteiger partial charge in [-0.25, -0.2) is 18.6 Å². The first-order valence-electron chi connectivity index (χ1n) is 8.71. The van der Waals surface area contributed by atoms with E-state index in [9.17, 15) is 22.0 Å². The van der Waals surface area contributed by atoms with E-state index in [0.717, 1.165) is 37.7 Å². The van der Waals surface area contributed by atoms with Crippen LogP contribution < -0.4 is 10.1 Å². The molecule has 1 aliphatic rings. The Morgan fingerprint density at radius 3 is 2.41 bits per heavy atom. The van der Waals surface area contributed by atoms with Gasteiger partial charge >= 0.3 is 12.1 Å². The summed E-state index contributed by atoms with van der Waals surface area (Å²) in [6.07, 6.45) is -2.97. The van der Waals surface area contributed by atoms with E-state index < -0.39 is 23.8 Å². The van der Waals surface area contributed by atoms with Crippen LogP contribution in [0.3, 0.4) is 0 Å². The Bertz CT molecular complexity index is 824. The number of aliphatic carboxylic acids is 1. The highest BCUT2D eigenvalue weighted by molar-refractivity contribution is 5.73. The maximum absolute atomic E-state index is 13.6. The van der Waals surface area contributed by atoms with Crippen LogP contribution in [-0.4, -0.2) is 35.3 Å². The second-order valence-electron chi connectivity index (χ2n) is 6.25. The van der Waals surface area contributed by atoms with Gasteiger partial charge in [0.2, 0.25) is 5.88 Å². The zero-order chi connectivity index (χ0) is 21.4. The molecule has 3 rings (SSSR count). The second kappa shape index (κ2) is 10.1. The lowest BCUT2D eigenvalue weighted by Crippen LogP contribution is -2.27. The lowest BCUT2D eigenvalue weighted by molar-refractivity contribution is -0.192. The van der Waals surface area contributed by atoms with Gasteiger partial charge in [0.25, 0.3) is 0 Å². The molecular formula is C19H19F5N2O3. The van der Waals surface area contributed by atoms with Crippen molar-refractivity contribution in [2.75, 3.05) is 13.1 Å². The summed E-state index contributed by atoms with van der Waals surface area (Å²) < 4.78 is 63.7. The first-order valence-corrected chi connectivity index (χ1v) is 8.71. The SMILES string of the molecule is Fc1ccc(COc2cccc(C3CCNCC3)n2)c(F)c1.O=C(O)C(F)(F)F. The predicted molar refractivity (Wildman–Crippen MR) is 93.5 cm³/mol. The van der Waals surface area contributed by atoms with Crippen LogP contribution in [0.5, 0.6) is 5.88 Å². The van der Waals surface area contributed by atoms with E-state index in [4.69, 9.17) is 14.6 Å². The van der Waals surface area contributed by atoms with Crippen LogP contribution in [0.1, 0.15) is 30.0 Å². The topological polar surface area (TPSA) is 71.5 Å². The molecule has 1 fully saturated rings. The van der Waals surface area contributed by atoms with Gasteiger partial charge in [-0.15, -0.1) is 0 Å². The number of carboxylic acid groups (broad SMARTS) is 1. The van der Waals surface area contributed by atoms with E-state index in [0.29, 0.717) is 17.4 Å². The fourth-order valence-corrected chi connectivity index (χ4v) is 2.65. The summed E-state index contributed by atoms with van der Waals surface area (Å²) in [5.74, 6) is -3.04. The number of hydrogen-bond donors (Lipinski definition) is 2. The third kappa shape index (κ3) is 7.30. The molecule has 0 saturated carbocycles. The largest absolute Gasteiger partial charge is 0.490 e. The number of rotatable bonds is 4. The summed E-state index contributed by atoms with van der Waals surface area (Å²) in [5.41, 5.74) is 1.33. The van der Waals surface area contributed by atoms with Gasteiger partial charge < -0.3 is 15.2 Å². The smallest absolute Gasteiger partial charge is 0.475 e. The van der Waals surface area contributed by atoms with Crippen LogP contribution in [0.15, 0.2) is 36.4 Å². The van der Waals surface area contributed by atoms with Crippen molar-refractivity contribution in [2.24, 2.45) is 0 Å². The molecule has 0 atom stereocenters. The van der Waals surface area contributed by atoms with Gasteiger partial charge in [-0.3, -0.25) is 0 Å².